The van der Waals surface area contributed by atoms with E-state index in [0.29, 0.717) is 5.82 Å². The molecule has 6 heteroatoms. The van der Waals surface area contributed by atoms with Gasteiger partial charge in [-0.1, -0.05) is 42.5 Å². The van der Waals surface area contributed by atoms with Crippen LogP contribution in [0.1, 0.15) is 11.5 Å². The van der Waals surface area contributed by atoms with Gasteiger partial charge < -0.3 is 11.1 Å². The lowest BCUT2D eigenvalue weighted by Gasteiger charge is -2.14. The summed E-state index contributed by atoms with van der Waals surface area (Å²) >= 11 is 4.99. The monoisotopic (exact) mass is 274 g/mol. The lowest BCUT2D eigenvalue weighted by Crippen LogP contribution is -2.31. The molecule has 3 N–H and O–H groups in total. The standard InChI is InChI=1S/C13H14N4OS/c1-17-8-7-10(16-17)15-13(18)11(12(14)19)9-5-3-2-4-6-9/h2-8,11H,1H3,(H2,14,19)(H,15,16,18). The topological polar surface area (TPSA) is 72.9 Å². The Balaban J connectivity index is 2.20. The highest BCUT2D eigenvalue weighted by Gasteiger charge is 2.23. The molecule has 1 atom stereocenters. The van der Waals surface area contributed by atoms with Gasteiger partial charge in [-0.15, -0.1) is 0 Å². The molecule has 0 spiro atoms. The van der Waals surface area contributed by atoms with Crippen molar-refractivity contribution in [2.45, 2.75) is 5.92 Å². The van der Waals surface area contributed by atoms with E-state index in [4.69, 9.17) is 18.0 Å². The first-order valence-electron chi connectivity index (χ1n) is 5.72. The van der Waals surface area contributed by atoms with Crippen molar-refractivity contribution in [2.24, 2.45) is 12.8 Å². The number of nitrogens with two attached hydrogens (primary N) is 1. The number of carbonyl (C=O) groups excluding carboxylic acids is 1. The molecule has 0 bridgehead atoms. The molecule has 1 amide bonds. The SMILES string of the molecule is Cn1ccc(NC(=O)C(C(N)=S)c2ccccc2)n1. The van der Waals surface area contributed by atoms with Gasteiger partial charge in [0, 0.05) is 19.3 Å². The Labute approximate surface area is 116 Å². The van der Waals surface area contributed by atoms with Gasteiger partial charge in [0.2, 0.25) is 5.91 Å². The van der Waals surface area contributed by atoms with Crippen LogP contribution in [0.15, 0.2) is 42.6 Å². The van der Waals surface area contributed by atoms with Gasteiger partial charge in [-0.25, -0.2) is 0 Å². The summed E-state index contributed by atoms with van der Waals surface area (Å²) in [7, 11) is 1.78. The van der Waals surface area contributed by atoms with Gasteiger partial charge in [-0.05, 0) is 5.56 Å². The Bertz CT molecular complexity index is 594. The van der Waals surface area contributed by atoms with Gasteiger partial charge >= 0.3 is 0 Å². The fourth-order valence-corrected chi connectivity index (χ4v) is 2.01. The minimum atomic E-state index is -0.654. The molecule has 0 radical (unpaired) electrons. The van der Waals surface area contributed by atoms with Gasteiger partial charge in [-0.2, -0.15) is 5.10 Å². The number of carbonyl (C=O) groups is 1. The maximum absolute atomic E-state index is 12.2. The first-order valence-corrected chi connectivity index (χ1v) is 6.13. The molecule has 0 aliphatic rings. The number of hydrogen-bond acceptors (Lipinski definition) is 3. The second-order valence-electron chi connectivity index (χ2n) is 4.11. The van der Waals surface area contributed by atoms with Crippen LogP contribution in [0, 0.1) is 0 Å². The number of aromatic nitrogens is 2. The molecule has 2 aromatic rings. The minimum Gasteiger partial charge on any atom is -0.392 e. The Morgan fingerprint density at radius 1 is 1.37 bits per heavy atom. The second kappa shape index (κ2) is 5.62. The van der Waals surface area contributed by atoms with Crippen LogP contribution in [0.3, 0.4) is 0 Å². The predicted octanol–water partition coefficient (Wildman–Crippen LogP) is 1.43. The van der Waals surface area contributed by atoms with Crippen LogP contribution in [-0.2, 0) is 11.8 Å². The minimum absolute atomic E-state index is 0.139. The van der Waals surface area contributed by atoms with Crippen LogP contribution in [0.4, 0.5) is 5.82 Å². The van der Waals surface area contributed by atoms with E-state index in [9.17, 15) is 4.79 Å². The molecular formula is C13H14N4OS. The van der Waals surface area contributed by atoms with Crippen molar-refractivity contribution in [3.63, 3.8) is 0 Å². The highest BCUT2D eigenvalue weighted by Crippen LogP contribution is 2.18. The number of amides is 1. The van der Waals surface area contributed by atoms with Crippen molar-refractivity contribution in [2.75, 3.05) is 5.32 Å². The molecule has 1 aromatic carbocycles. The zero-order chi connectivity index (χ0) is 13.8. The van der Waals surface area contributed by atoms with E-state index in [1.54, 1.807) is 24.0 Å². The third kappa shape index (κ3) is 3.17. The molecular weight excluding hydrogens is 260 g/mol. The van der Waals surface area contributed by atoms with Gasteiger partial charge in [0.15, 0.2) is 5.82 Å². The fraction of sp³-hybridized carbons (Fsp3) is 0.154. The lowest BCUT2D eigenvalue weighted by atomic mass is 9.98. The molecule has 2 rings (SSSR count). The second-order valence-corrected chi connectivity index (χ2v) is 4.58. The number of rotatable bonds is 4. The van der Waals surface area contributed by atoms with Gasteiger partial charge in [0.05, 0.1) is 4.99 Å². The van der Waals surface area contributed by atoms with E-state index in [1.165, 1.54) is 0 Å². The lowest BCUT2D eigenvalue weighted by molar-refractivity contribution is -0.116. The molecule has 5 nitrogen and oxygen atoms in total. The zero-order valence-corrected chi connectivity index (χ0v) is 11.2. The summed E-state index contributed by atoms with van der Waals surface area (Å²) in [5.41, 5.74) is 6.44. The van der Waals surface area contributed by atoms with Crippen LogP contribution in [0.25, 0.3) is 0 Å². The van der Waals surface area contributed by atoms with E-state index in [2.05, 4.69) is 10.4 Å². The quantitative estimate of drug-likeness (QED) is 0.827. The Hall–Kier alpha value is -2.21. The summed E-state index contributed by atoms with van der Waals surface area (Å²) in [6, 6.07) is 10.9. The molecule has 0 fully saturated rings. The number of nitrogens with one attached hydrogen (secondary N) is 1. The normalized spacial score (nSPS) is 11.8. The summed E-state index contributed by atoms with van der Waals surface area (Å²) in [6.07, 6.45) is 1.74. The largest absolute Gasteiger partial charge is 0.392 e. The molecule has 19 heavy (non-hydrogen) atoms. The van der Waals surface area contributed by atoms with Crippen molar-refractivity contribution in [1.29, 1.82) is 0 Å². The van der Waals surface area contributed by atoms with Crippen LogP contribution in [-0.4, -0.2) is 20.7 Å². The first-order chi connectivity index (χ1) is 9.08. The summed E-state index contributed by atoms with van der Waals surface area (Å²) in [5.74, 6) is -0.458. The average Bonchev–Trinajstić information content (AvgIpc) is 2.75. The van der Waals surface area contributed by atoms with Crippen molar-refractivity contribution >= 4 is 28.9 Å². The number of thiocarbonyl (C=S) groups is 1. The maximum atomic E-state index is 12.2. The molecule has 98 valence electrons. The molecule has 1 heterocycles. The van der Waals surface area contributed by atoms with Crippen molar-refractivity contribution in [3.05, 3.63) is 48.2 Å². The van der Waals surface area contributed by atoms with Crippen LogP contribution in [0.5, 0.6) is 0 Å². The molecule has 1 aromatic heterocycles. The third-order valence-corrected chi connectivity index (χ3v) is 2.88. The van der Waals surface area contributed by atoms with Crippen molar-refractivity contribution in [1.82, 2.24) is 9.78 Å². The Morgan fingerprint density at radius 2 is 2.05 bits per heavy atom. The van der Waals surface area contributed by atoms with Gasteiger partial charge in [0.25, 0.3) is 0 Å². The molecule has 1 unspecified atom stereocenters. The third-order valence-electron chi connectivity index (χ3n) is 2.64. The summed E-state index contributed by atoms with van der Waals surface area (Å²) in [6.45, 7) is 0. The highest BCUT2D eigenvalue weighted by atomic mass is 32.1. The van der Waals surface area contributed by atoms with Crippen molar-refractivity contribution < 1.29 is 4.79 Å². The Kier molecular flexibility index (Phi) is 3.91. The number of benzene rings is 1. The number of anilines is 1. The average molecular weight is 274 g/mol. The van der Waals surface area contributed by atoms with Gasteiger partial charge in [0.1, 0.15) is 5.92 Å². The number of nitrogens with zero attached hydrogens (tertiary/aromatic N) is 2. The Morgan fingerprint density at radius 3 is 2.58 bits per heavy atom. The smallest absolute Gasteiger partial charge is 0.239 e. The maximum Gasteiger partial charge on any atom is 0.239 e. The van der Waals surface area contributed by atoms with Crippen LogP contribution >= 0.6 is 12.2 Å². The predicted molar refractivity (Wildman–Crippen MR) is 77.8 cm³/mol. The summed E-state index contributed by atoms with van der Waals surface area (Å²) in [4.78, 5) is 12.4. The van der Waals surface area contributed by atoms with Gasteiger partial charge in [-0.3, -0.25) is 9.48 Å². The van der Waals surface area contributed by atoms with E-state index in [-0.39, 0.29) is 10.9 Å². The summed E-state index contributed by atoms with van der Waals surface area (Å²) < 4.78 is 1.61. The van der Waals surface area contributed by atoms with Crippen LogP contribution < -0.4 is 11.1 Å². The van der Waals surface area contributed by atoms with E-state index >= 15 is 0 Å². The van der Waals surface area contributed by atoms with E-state index < -0.39 is 5.92 Å². The fourth-order valence-electron chi connectivity index (χ4n) is 1.77. The number of aryl methyl sites for hydroxylation is 1. The molecule has 0 saturated carbocycles. The van der Waals surface area contributed by atoms with E-state index in [1.807, 2.05) is 30.3 Å². The summed E-state index contributed by atoms with van der Waals surface area (Å²) in [5, 5.41) is 6.79. The highest BCUT2D eigenvalue weighted by molar-refractivity contribution is 7.80. The zero-order valence-electron chi connectivity index (χ0n) is 10.4. The van der Waals surface area contributed by atoms with Crippen LogP contribution in [0.2, 0.25) is 0 Å². The van der Waals surface area contributed by atoms with E-state index in [0.717, 1.165) is 5.56 Å². The number of hydrogen-bond donors (Lipinski definition) is 2. The molecule has 0 aliphatic carbocycles. The first kappa shape index (κ1) is 13.2. The molecule has 0 aliphatic heterocycles. The molecule has 0 saturated heterocycles. The van der Waals surface area contributed by atoms with Crippen molar-refractivity contribution in [3.8, 4) is 0 Å².